The molecule has 0 aliphatic carbocycles. The topological polar surface area (TPSA) is 58.5 Å². The first kappa shape index (κ1) is 11.3. The maximum Gasteiger partial charge on any atom is 0.298 e. The Balaban J connectivity index is 1.85. The van der Waals surface area contributed by atoms with Crippen LogP contribution in [0.4, 0.5) is 11.7 Å². The fourth-order valence-electron chi connectivity index (χ4n) is 2.35. The summed E-state index contributed by atoms with van der Waals surface area (Å²) in [6.07, 6.45) is 0. The van der Waals surface area contributed by atoms with Gasteiger partial charge in [0.05, 0.1) is 5.69 Å². The zero-order valence-electron chi connectivity index (χ0n) is 10.6. The van der Waals surface area contributed by atoms with E-state index in [1.54, 1.807) is 0 Å². The van der Waals surface area contributed by atoms with Gasteiger partial charge < -0.3 is 20.0 Å². The van der Waals surface area contributed by atoms with Crippen molar-refractivity contribution in [1.29, 1.82) is 0 Å². The Kier molecular flexibility index (Phi) is 2.83. The summed E-state index contributed by atoms with van der Waals surface area (Å²) in [6.45, 7) is 7.33. The number of hydrogen-bond acceptors (Lipinski definition) is 5. The third kappa shape index (κ3) is 1.90. The van der Waals surface area contributed by atoms with Crippen LogP contribution in [0.2, 0.25) is 0 Å². The second-order valence-corrected chi connectivity index (χ2v) is 4.61. The van der Waals surface area contributed by atoms with Gasteiger partial charge in [-0.05, 0) is 18.7 Å². The quantitative estimate of drug-likeness (QED) is 0.815. The molecule has 0 spiro atoms. The number of rotatable bonds is 2. The van der Waals surface area contributed by atoms with Crippen molar-refractivity contribution in [1.82, 2.24) is 9.88 Å². The molecule has 3 rings (SSSR count). The largest absolute Gasteiger partial charge is 0.423 e. The monoisotopic (exact) mass is 246 g/mol. The number of nitrogen functional groups attached to an aromatic ring is 1. The molecule has 2 aromatic rings. The number of piperazine rings is 1. The van der Waals surface area contributed by atoms with Crippen LogP contribution in [0, 0.1) is 0 Å². The van der Waals surface area contributed by atoms with Gasteiger partial charge in [-0.2, -0.15) is 4.98 Å². The zero-order valence-corrected chi connectivity index (χ0v) is 10.6. The summed E-state index contributed by atoms with van der Waals surface area (Å²) in [5, 5.41) is 0. The number of fused-ring (bicyclic) bond motifs is 1. The van der Waals surface area contributed by atoms with Gasteiger partial charge in [0.25, 0.3) is 6.01 Å². The van der Waals surface area contributed by atoms with Crippen LogP contribution in [0.5, 0.6) is 0 Å². The van der Waals surface area contributed by atoms with E-state index < -0.39 is 0 Å². The smallest absolute Gasteiger partial charge is 0.298 e. The van der Waals surface area contributed by atoms with Crippen molar-refractivity contribution in [3.8, 4) is 0 Å². The maximum absolute atomic E-state index is 5.89. The number of anilines is 2. The number of likely N-dealkylation sites (N-methyl/N-ethyl adjacent to an activating group) is 1. The summed E-state index contributed by atoms with van der Waals surface area (Å²) in [5.41, 5.74) is 8.10. The number of benzene rings is 1. The highest BCUT2D eigenvalue weighted by Gasteiger charge is 2.20. The zero-order chi connectivity index (χ0) is 12.5. The maximum atomic E-state index is 5.89. The number of hydrogen-bond donors (Lipinski definition) is 1. The van der Waals surface area contributed by atoms with Gasteiger partial charge >= 0.3 is 0 Å². The lowest BCUT2D eigenvalue weighted by molar-refractivity contribution is 0.266. The fourth-order valence-corrected chi connectivity index (χ4v) is 2.35. The van der Waals surface area contributed by atoms with Gasteiger partial charge in [0.15, 0.2) is 5.58 Å². The molecule has 1 aliphatic rings. The molecule has 1 aromatic carbocycles. The van der Waals surface area contributed by atoms with Gasteiger partial charge in [-0.15, -0.1) is 0 Å². The minimum Gasteiger partial charge on any atom is -0.423 e. The number of oxazole rings is 1. The van der Waals surface area contributed by atoms with E-state index in [4.69, 9.17) is 10.2 Å². The Bertz CT molecular complexity index is 543. The van der Waals surface area contributed by atoms with Crippen molar-refractivity contribution >= 4 is 22.8 Å². The van der Waals surface area contributed by atoms with E-state index in [0.29, 0.717) is 11.7 Å². The molecule has 1 fully saturated rings. The van der Waals surface area contributed by atoms with Crippen LogP contribution in [0.25, 0.3) is 11.1 Å². The SMILES string of the molecule is CCN1CCN(c2nc3c(N)cccc3o2)CC1. The predicted octanol–water partition coefficient (Wildman–Crippen LogP) is 1.55. The van der Waals surface area contributed by atoms with E-state index in [1.807, 2.05) is 18.2 Å². The Morgan fingerprint density at radius 2 is 2.06 bits per heavy atom. The molecule has 5 nitrogen and oxygen atoms in total. The lowest BCUT2D eigenvalue weighted by Crippen LogP contribution is -2.46. The van der Waals surface area contributed by atoms with Crippen molar-refractivity contribution in [3.63, 3.8) is 0 Å². The summed E-state index contributed by atoms with van der Waals surface area (Å²) in [6, 6.07) is 6.34. The van der Waals surface area contributed by atoms with Crippen molar-refractivity contribution < 1.29 is 4.42 Å². The molecule has 0 atom stereocenters. The predicted molar refractivity (Wildman–Crippen MR) is 72.7 cm³/mol. The van der Waals surface area contributed by atoms with Crippen LogP contribution in [0.1, 0.15) is 6.92 Å². The van der Waals surface area contributed by atoms with Crippen LogP contribution >= 0.6 is 0 Å². The molecule has 0 amide bonds. The molecule has 96 valence electrons. The highest BCUT2D eigenvalue weighted by atomic mass is 16.4. The van der Waals surface area contributed by atoms with Gasteiger partial charge in [0.2, 0.25) is 0 Å². The van der Waals surface area contributed by atoms with Crippen molar-refractivity contribution in [2.24, 2.45) is 0 Å². The number of nitrogens with two attached hydrogens (primary N) is 1. The highest BCUT2D eigenvalue weighted by Crippen LogP contribution is 2.26. The first-order chi connectivity index (χ1) is 8.78. The average molecular weight is 246 g/mol. The minimum atomic E-state index is 0.676. The molecule has 1 saturated heterocycles. The molecule has 18 heavy (non-hydrogen) atoms. The summed E-state index contributed by atoms with van der Waals surface area (Å²) in [5.74, 6) is 0. The Morgan fingerprint density at radius 3 is 2.72 bits per heavy atom. The van der Waals surface area contributed by atoms with Crippen molar-refractivity contribution in [2.45, 2.75) is 6.92 Å². The third-order valence-corrected chi connectivity index (χ3v) is 3.53. The number of nitrogens with zero attached hydrogens (tertiary/aromatic N) is 3. The molecule has 0 saturated carbocycles. The molecule has 1 aromatic heterocycles. The normalized spacial score (nSPS) is 17.5. The minimum absolute atomic E-state index is 0.676. The Labute approximate surface area is 106 Å². The lowest BCUT2D eigenvalue weighted by Gasteiger charge is -2.32. The highest BCUT2D eigenvalue weighted by molar-refractivity contribution is 5.86. The van der Waals surface area contributed by atoms with Gasteiger partial charge in [-0.3, -0.25) is 0 Å². The molecule has 0 unspecified atom stereocenters. The van der Waals surface area contributed by atoms with Crippen LogP contribution < -0.4 is 10.6 Å². The molecular formula is C13H18N4O. The van der Waals surface area contributed by atoms with E-state index in [2.05, 4.69) is 21.7 Å². The second kappa shape index (κ2) is 4.49. The molecule has 0 bridgehead atoms. The van der Waals surface area contributed by atoms with Gasteiger partial charge in [-0.1, -0.05) is 13.0 Å². The first-order valence-corrected chi connectivity index (χ1v) is 6.40. The van der Waals surface area contributed by atoms with E-state index in [-0.39, 0.29) is 0 Å². The van der Waals surface area contributed by atoms with E-state index >= 15 is 0 Å². The van der Waals surface area contributed by atoms with E-state index in [1.165, 1.54) is 0 Å². The molecule has 0 radical (unpaired) electrons. The second-order valence-electron chi connectivity index (χ2n) is 4.61. The van der Waals surface area contributed by atoms with Crippen LogP contribution in [0.3, 0.4) is 0 Å². The number of aromatic nitrogens is 1. The Morgan fingerprint density at radius 1 is 1.28 bits per heavy atom. The van der Waals surface area contributed by atoms with E-state index in [9.17, 15) is 0 Å². The summed E-state index contributed by atoms with van der Waals surface area (Å²) >= 11 is 0. The van der Waals surface area contributed by atoms with Gasteiger partial charge in [0.1, 0.15) is 5.52 Å². The molecule has 2 N–H and O–H groups in total. The van der Waals surface area contributed by atoms with Gasteiger partial charge in [-0.25, -0.2) is 0 Å². The molecule has 5 heteroatoms. The fraction of sp³-hybridized carbons (Fsp3) is 0.462. The van der Waals surface area contributed by atoms with Gasteiger partial charge in [0, 0.05) is 26.2 Å². The molecular weight excluding hydrogens is 228 g/mol. The molecule has 2 heterocycles. The van der Waals surface area contributed by atoms with Crippen LogP contribution in [0.15, 0.2) is 22.6 Å². The van der Waals surface area contributed by atoms with Crippen LogP contribution in [-0.2, 0) is 0 Å². The summed E-state index contributed by atoms with van der Waals surface area (Å²) in [4.78, 5) is 9.11. The summed E-state index contributed by atoms with van der Waals surface area (Å²) < 4.78 is 5.77. The Hall–Kier alpha value is -1.75. The lowest BCUT2D eigenvalue weighted by atomic mass is 10.3. The summed E-state index contributed by atoms with van der Waals surface area (Å²) in [7, 11) is 0. The first-order valence-electron chi connectivity index (χ1n) is 6.40. The van der Waals surface area contributed by atoms with Crippen LogP contribution in [-0.4, -0.2) is 42.6 Å². The number of para-hydroxylation sites is 1. The van der Waals surface area contributed by atoms with E-state index in [0.717, 1.165) is 43.8 Å². The standard InChI is InChI=1S/C13H18N4O/c1-2-16-6-8-17(9-7-16)13-15-12-10(14)4-3-5-11(12)18-13/h3-5H,2,6-9,14H2,1H3. The average Bonchev–Trinajstić information content (AvgIpc) is 2.84. The molecule has 1 aliphatic heterocycles. The van der Waals surface area contributed by atoms with Crippen molar-refractivity contribution in [3.05, 3.63) is 18.2 Å². The van der Waals surface area contributed by atoms with Crippen molar-refractivity contribution in [2.75, 3.05) is 43.4 Å². The third-order valence-electron chi connectivity index (χ3n) is 3.53.